The molecular formula is C16H14FN3O. The standard InChI is InChI=1S/C16H14FN3O/c17-14-6-5-13(11-3-1-2-4-12(11)14)16(21)20-8-7-15-18-9-10-19-15/h1-6,9-10H,7-8H2,(H,18,19)(H,20,21). The topological polar surface area (TPSA) is 57.8 Å². The van der Waals surface area contributed by atoms with Crippen molar-refractivity contribution in [1.82, 2.24) is 15.3 Å². The van der Waals surface area contributed by atoms with Crippen LogP contribution in [0.1, 0.15) is 16.2 Å². The van der Waals surface area contributed by atoms with E-state index >= 15 is 0 Å². The van der Waals surface area contributed by atoms with Crippen molar-refractivity contribution in [2.75, 3.05) is 6.54 Å². The fraction of sp³-hybridized carbons (Fsp3) is 0.125. The van der Waals surface area contributed by atoms with Crippen molar-refractivity contribution >= 4 is 16.7 Å². The zero-order valence-corrected chi connectivity index (χ0v) is 11.3. The third kappa shape index (κ3) is 2.76. The summed E-state index contributed by atoms with van der Waals surface area (Å²) in [6.07, 6.45) is 4.03. The number of imidazole rings is 1. The van der Waals surface area contributed by atoms with Gasteiger partial charge < -0.3 is 10.3 Å². The second-order valence-electron chi connectivity index (χ2n) is 4.68. The van der Waals surface area contributed by atoms with Gasteiger partial charge in [0, 0.05) is 36.3 Å². The summed E-state index contributed by atoms with van der Waals surface area (Å²) in [5.41, 5.74) is 0.478. The molecule has 5 heteroatoms. The van der Waals surface area contributed by atoms with E-state index in [1.165, 1.54) is 12.1 Å². The van der Waals surface area contributed by atoms with E-state index in [-0.39, 0.29) is 11.7 Å². The zero-order valence-electron chi connectivity index (χ0n) is 11.3. The van der Waals surface area contributed by atoms with E-state index < -0.39 is 0 Å². The average molecular weight is 283 g/mol. The number of carbonyl (C=O) groups excluding carboxylic acids is 1. The average Bonchev–Trinajstić information content (AvgIpc) is 3.01. The molecule has 0 atom stereocenters. The molecule has 21 heavy (non-hydrogen) atoms. The Balaban J connectivity index is 1.77. The van der Waals surface area contributed by atoms with Gasteiger partial charge in [-0.15, -0.1) is 0 Å². The number of halogens is 1. The highest BCUT2D eigenvalue weighted by Gasteiger charge is 2.11. The third-order valence-electron chi connectivity index (χ3n) is 3.32. The largest absolute Gasteiger partial charge is 0.352 e. The minimum absolute atomic E-state index is 0.210. The van der Waals surface area contributed by atoms with E-state index in [9.17, 15) is 9.18 Å². The summed E-state index contributed by atoms with van der Waals surface area (Å²) in [4.78, 5) is 19.3. The number of rotatable bonds is 4. The highest BCUT2D eigenvalue weighted by molar-refractivity contribution is 6.07. The molecule has 1 aromatic heterocycles. The smallest absolute Gasteiger partial charge is 0.251 e. The lowest BCUT2D eigenvalue weighted by atomic mass is 10.0. The van der Waals surface area contributed by atoms with Crippen LogP contribution in [-0.2, 0) is 6.42 Å². The number of benzene rings is 2. The van der Waals surface area contributed by atoms with Crippen LogP contribution >= 0.6 is 0 Å². The maximum Gasteiger partial charge on any atom is 0.251 e. The highest BCUT2D eigenvalue weighted by Crippen LogP contribution is 2.21. The van der Waals surface area contributed by atoms with Gasteiger partial charge in [0.15, 0.2) is 0 Å². The molecule has 0 saturated heterocycles. The SMILES string of the molecule is O=C(NCCc1ncc[nH]1)c1ccc(F)c2ccccc12. The molecule has 1 amide bonds. The molecule has 4 nitrogen and oxygen atoms in total. The Labute approximate surface area is 121 Å². The number of carbonyl (C=O) groups is 1. The molecule has 0 aliphatic heterocycles. The van der Waals surface area contributed by atoms with Gasteiger partial charge in [-0.25, -0.2) is 9.37 Å². The highest BCUT2D eigenvalue weighted by atomic mass is 19.1. The van der Waals surface area contributed by atoms with E-state index in [1.54, 1.807) is 36.7 Å². The van der Waals surface area contributed by atoms with Crippen molar-refractivity contribution in [3.63, 3.8) is 0 Å². The molecule has 1 heterocycles. The number of aromatic nitrogens is 2. The molecule has 0 radical (unpaired) electrons. The molecular weight excluding hydrogens is 269 g/mol. The molecule has 3 aromatic rings. The van der Waals surface area contributed by atoms with Gasteiger partial charge in [0.2, 0.25) is 0 Å². The van der Waals surface area contributed by atoms with Gasteiger partial charge in [-0.2, -0.15) is 0 Å². The summed E-state index contributed by atoms with van der Waals surface area (Å²) in [6.45, 7) is 0.470. The van der Waals surface area contributed by atoms with E-state index in [0.717, 1.165) is 5.82 Å². The van der Waals surface area contributed by atoms with Crippen LogP contribution < -0.4 is 5.32 Å². The number of hydrogen-bond acceptors (Lipinski definition) is 2. The van der Waals surface area contributed by atoms with Crippen molar-refractivity contribution in [3.05, 3.63) is 66.0 Å². The predicted octanol–water partition coefficient (Wildman–Crippen LogP) is 2.67. The van der Waals surface area contributed by atoms with Crippen LogP contribution in [0.25, 0.3) is 10.8 Å². The van der Waals surface area contributed by atoms with Crippen molar-refractivity contribution in [1.29, 1.82) is 0 Å². The maximum atomic E-state index is 13.7. The second kappa shape index (κ2) is 5.75. The Bertz CT molecular complexity index is 768. The monoisotopic (exact) mass is 283 g/mol. The number of hydrogen-bond donors (Lipinski definition) is 2. The third-order valence-corrected chi connectivity index (χ3v) is 3.32. The van der Waals surface area contributed by atoms with Crippen LogP contribution in [0.4, 0.5) is 4.39 Å². The van der Waals surface area contributed by atoms with E-state index in [4.69, 9.17) is 0 Å². The quantitative estimate of drug-likeness (QED) is 0.773. The number of nitrogens with one attached hydrogen (secondary N) is 2. The summed E-state index contributed by atoms with van der Waals surface area (Å²) in [5, 5.41) is 3.90. The van der Waals surface area contributed by atoms with Gasteiger partial charge in [-0.1, -0.05) is 24.3 Å². The van der Waals surface area contributed by atoms with Crippen LogP contribution in [0.3, 0.4) is 0 Å². The van der Waals surface area contributed by atoms with Gasteiger partial charge in [0.05, 0.1) is 0 Å². The minimum Gasteiger partial charge on any atom is -0.352 e. The zero-order chi connectivity index (χ0) is 14.7. The molecule has 0 aliphatic carbocycles. The molecule has 0 saturated carbocycles. The Morgan fingerprint density at radius 1 is 1.19 bits per heavy atom. The van der Waals surface area contributed by atoms with Crippen LogP contribution in [0.2, 0.25) is 0 Å². The maximum absolute atomic E-state index is 13.7. The fourth-order valence-electron chi connectivity index (χ4n) is 2.28. The Morgan fingerprint density at radius 3 is 2.76 bits per heavy atom. The van der Waals surface area contributed by atoms with E-state index in [0.29, 0.717) is 29.3 Å². The van der Waals surface area contributed by atoms with Crippen molar-refractivity contribution in [3.8, 4) is 0 Å². The summed E-state index contributed by atoms with van der Waals surface area (Å²) in [6, 6.07) is 9.80. The summed E-state index contributed by atoms with van der Waals surface area (Å²) in [7, 11) is 0. The molecule has 3 rings (SSSR count). The first-order valence-corrected chi connectivity index (χ1v) is 6.69. The lowest BCUT2D eigenvalue weighted by Crippen LogP contribution is -2.26. The van der Waals surface area contributed by atoms with Gasteiger partial charge in [-0.3, -0.25) is 4.79 Å². The second-order valence-corrected chi connectivity index (χ2v) is 4.68. The Hall–Kier alpha value is -2.69. The number of aromatic amines is 1. The van der Waals surface area contributed by atoms with Crippen LogP contribution in [0.15, 0.2) is 48.8 Å². The van der Waals surface area contributed by atoms with E-state index in [2.05, 4.69) is 15.3 Å². The number of fused-ring (bicyclic) bond motifs is 1. The lowest BCUT2D eigenvalue weighted by molar-refractivity contribution is 0.0955. The van der Waals surface area contributed by atoms with Crippen molar-refractivity contribution in [2.24, 2.45) is 0 Å². The molecule has 0 aliphatic rings. The van der Waals surface area contributed by atoms with E-state index in [1.807, 2.05) is 0 Å². The van der Waals surface area contributed by atoms with Crippen LogP contribution in [-0.4, -0.2) is 22.4 Å². The summed E-state index contributed by atoms with van der Waals surface area (Å²) >= 11 is 0. The molecule has 2 aromatic carbocycles. The molecule has 0 bridgehead atoms. The number of H-pyrrole nitrogens is 1. The Kier molecular flexibility index (Phi) is 3.64. The van der Waals surface area contributed by atoms with Crippen LogP contribution in [0, 0.1) is 5.82 Å². The van der Waals surface area contributed by atoms with Gasteiger partial charge >= 0.3 is 0 Å². The molecule has 0 fully saturated rings. The number of amides is 1. The van der Waals surface area contributed by atoms with Crippen LogP contribution in [0.5, 0.6) is 0 Å². The summed E-state index contributed by atoms with van der Waals surface area (Å²) < 4.78 is 13.7. The normalized spacial score (nSPS) is 10.7. The number of nitrogens with zero attached hydrogens (tertiary/aromatic N) is 1. The first-order chi connectivity index (χ1) is 10.3. The van der Waals surface area contributed by atoms with Gasteiger partial charge in [0.1, 0.15) is 11.6 Å². The first kappa shape index (κ1) is 13.3. The molecule has 0 unspecified atom stereocenters. The predicted molar refractivity (Wildman–Crippen MR) is 78.5 cm³/mol. The molecule has 106 valence electrons. The molecule has 2 N–H and O–H groups in total. The Morgan fingerprint density at radius 2 is 2.00 bits per heavy atom. The van der Waals surface area contributed by atoms with Crippen molar-refractivity contribution < 1.29 is 9.18 Å². The summed E-state index contributed by atoms with van der Waals surface area (Å²) in [5.74, 6) is 0.287. The van der Waals surface area contributed by atoms with Gasteiger partial charge in [-0.05, 0) is 17.5 Å². The fourth-order valence-corrected chi connectivity index (χ4v) is 2.28. The lowest BCUT2D eigenvalue weighted by Gasteiger charge is -2.08. The first-order valence-electron chi connectivity index (χ1n) is 6.69. The van der Waals surface area contributed by atoms with Crippen molar-refractivity contribution in [2.45, 2.75) is 6.42 Å². The van der Waals surface area contributed by atoms with Gasteiger partial charge in [0.25, 0.3) is 5.91 Å². The minimum atomic E-state index is -0.322. The molecule has 0 spiro atoms.